The zero-order valence-corrected chi connectivity index (χ0v) is 17.6. The number of furan rings is 1. The van der Waals surface area contributed by atoms with Gasteiger partial charge >= 0.3 is 0 Å². The van der Waals surface area contributed by atoms with Crippen LogP contribution in [0.1, 0.15) is 34.3 Å². The van der Waals surface area contributed by atoms with Crippen molar-refractivity contribution in [2.45, 2.75) is 26.3 Å². The maximum atomic E-state index is 13.7. The van der Waals surface area contributed by atoms with E-state index in [1.807, 2.05) is 0 Å². The number of amides is 1. The number of carbonyl (C=O) groups excluding carboxylic acids is 2. The molecule has 1 amide bonds. The molecule has 0 spiro atoms. The van der Waals surface area contributed by atoms with E-state index in [9.17, 15) is 23.5 Å². The van der Waals surface area contributed by atoms with Gasteiger partial charge in [-0.25, -0.2) is 8.78 Å². The smallest absolute Gasteiger partial charge is 0.295 e. The first-order valence-corrected chi connectivity index (χ1v) is 10.1. The van der Waals surface area contributed by atoms with Crippen molar-refractivity contribution in [2.24, 2.45) is 0 Å². The molecule has 1 N–H and O–H groups in total. The molecule has 7 heteroatoms. The van der Waals surface area contributed by atoms with E-state index in [1.54, 1.807) is 38.1 Å². The van der Waals surface area contributed by atoms with Gasteiger partial charge < -0.3 is 14.4 Å². The Hall–Kier alpha value is -3.74. The molecule has 2 aromatic carbocycles. The zero-order valence-electron chi connectivity index (χ0n) is 17.6. The van der Waals surface area contributed by atoms with Crippen LogP contribution < -0.4 is 0 Å². The predicted octanol–water partition coefficient (Wildman–Crippen LogP) is 4.84. The fourth-order valence-electron chi connectivity index (χ4n) is 3.85. The number of benzene rings is 2. The lowest BCUT2D eigenvalue weighted by atomic mass is 9.98. The number of halogens is 2. The summed E-state index contributed by atoms with van der Waals surface area (Å²) < 4.78 is 32.6. The van der Waals surface area contributed by atoms with Crippen LogP contribution in [0.5, 0.6) is 0 Å². The molecular weight excluding hydrogens is 416 g/mol. The Balaban J connectivity index is 1.76. The van der Waals surface area contributed by atoms with E-state index < -0.39 is 29.3 Å². The number of hydrogen-bond donors (Lipinski definition) is 1. The molecule has 4 rings (SSSR count). The summed E-state index contributed by atoms with van der Waals surface area (Å²) in [7, 11) is 0. The van der Waals surface area contributed by atoms with Gasteiger partial charge in [0, 0.05) is 12.1 Å². The number of aryl methyl sites for hydroxylation is 2. The number of nitrogens with zero attached hydrogens (tertiary/aromatic N) is 1. The van der Waals surface area contributed by atoms with E-state index in [-0.39, 0.29) is 23.5 Å². The third kappa shape index (κ3) is 3.93. The lowest BCUT2D eigenvalue weighted by Crippen LogP contribution is -2.31. The Kier molecular flexibility index (Phi) is 5.65. The molecule has 5 nitrogen and oxygen atoms in total. The van der Waals surface area contributed by atoms with Crippen LogP contribution >= 0.6 is 0 Å². The van der Waals surface area contributed by atoms with Gasteiger partial charge in [-0.3, -0.25) is 9.59 Å². The van der Waals surface area contributed by atoms with E-state index in [0.717, 1.165) is 5.56 Å². The average molecular weight is 437 g/mol. The third-order valence-electron chi connectivity index (χ3n) is 5.56. The molecule has 1 unspecified atom stereocenters. The summed E-state index contributed by atoms with van der Waals surface area (Å²) in [5.74, 6) is -1.90. The van der Waals surface area contributed by atoms with E-state index in [0.29, 0.717) is 23.5 Å². The fourth-order valence-corrected chi connectivity index (χ4v) is 3.85. The number of carbonyl (C=O) groups is 2. The summed E-state index contributed by atoms with van der Waals surface area (Å²) in [4.78, 5) is 27.2. The number of rotatable bonds is 5. The van der Waals surface area contributed by atoms with Crippen molar-refractivity contribution in [2.75, 3.05) is 6.54 Å². The van der Waals surface area contributed by atoms with Gasteiger partial charge in [0.1, 0.15) is 35.0 Å². The molecular formula is C25H21F2NO4. The minimum absolute atomic E-state index is 0.116. The second-order valence-corrected chi connectivity index (χ2v) is 7.78. The third-order valence-corrected chi connectivity index (χ3v) is 5.56. The summed E-state index contributed by atoms with van der Waals surface area (Å²) in [6.45, 7) is 3.43. The normalized spacial score (nSPS) is 17.9. The number of aliphatic hydroxyl groups excluding tert-OH is 1. The van der Waals surface area contributed by atoms with Gasteiger partial charge in [-0.1, -0.05) is 12.1 Å². The molecule has 1 aromatic heterocycles. The minimum atomic E-state index is -0.936. The van der Waals surface area contributed by atoms with E-state index in [4.69, 9.17) is 4.42 Å². The summed E-state index contributed by atoms with van der Waals surface area (Å²) >= 11 is 0. The quantitative estimate of drug-likeness (QED) is 0.352. The van der Waals surface area contributed by atoms with Crippen molar-refractivity contribution >= 4 is 17.4 Å². The number of ketones is 1. The number of likely N-dealkylation sites (tertiary alicyclic amines) is 1. The SMILES string of the molecule is Cc1ccc(C2/C(=C(/O)c3ccc(F)c(C)c3)C(=O)C(=O)N2CCc2ccc(F)cc2)o1. The Morgan fingerprint density at radius 3 is 2.38 bits per heavy atom. The molecule has 164 valence electrons. The molecule has 1 saturated heterocycles. The Bertz CT molecular complexity index is 1230. The highest BCUT2D eigenvalue weighted by molar-refractivity contribution is 6.46. The Morgan fingerprint density at radius 1 is 1.03 bits per heavy atom. The number of aliphatic hydroxyl groups is 1. The first-order chi connectivity index (χ1) is 15.3. The van der Waals surface area contributed by atoms with Crippen LogP contribution in [0, 0.1) is 25.5 Å². The van der Waals surface area contributed by atoms with Crippen LogP contribution in [-0.4, -0.2) is 28.2 Å². The molecule has 3 aromatic rings. The molecule has 0 bridgehead atoms. The molecule has 32 heavy (non-hydrogen) atoms. The maximum absolute atomic E-state index is 13.7. The van der Waals surface area contributed by atoms with E-state index >= 15 is 0 Å². The lowest BCUT2D eigenvalue weighted by Gasteiger charge is -2.23. The van der Waals surface area contributed by atoms with Crippen molar-refractivity contribution in [1.29, 1.82) is 0 Å². The molecule has 1 aliphatic rings. The van der Waals surface area contributed by atoms with Crippen LogP contribution in [0.15, 0.2) is 64.6 Å². The number of hydrogen-bond acceptors (Lipinski definition) is 4. The minimum Gasteiger partial charge on any atom is -0.507 e. The maximum Gasteiger partial charge on any atom is 0.295 e. The van der Waals surface area contributed by atoms with Gasteiger partial charge in [-0.2, -0.15) is 0 Å². The highest BCUT2D eigenvalue weighted by Crippen LogP contribution is 2.40. The zero-order chi connectivity index (χ0) is 23.0. The molecule has 0 saturated carbocycles. The van der Waals surface area contributed by atoms with Crippen molar-refractivity contribution in [3.8, 4) is 0 Å². The average Bonchev–Trinajstić information content (AvgIpc) is 3.30. The molecule has 1 atom stereocenters. The predicted molar refractivity (Wildman–Crippen MR) is 114 cm³/mol. The molecule has 1 fully saturated rings. The molecule has 1 aliphatic heterocycles. The summed E-state index contributed by atoms with van der Waals surface area (Å²) in [5, 5.41) is 11.0. The van der Waals surface area contributed by atoms with Gasteiger partial charge in [0.2, 0.25) is 0 Å². The van der Waals surface area contributed by atoms with Crippen molar-refractivity contribution in [3.05, 3.63) is 100 Å². The van der Waals surface area contributed by atoms with Gasteiger partial charge in [-0.05, 0) is 73.9 Å². The monoisotopic (exact) mass is 437 g/mol. The van der Waals surface area contributed by atoms with Gasteiger partial charge in [0.15, 0.2) is 0 Å². The lowest BCUT2D eigenvalue weighted by molar-refractivity contribution is -0.140. The first-order valence-electron chi connectivity index (χ1n) is 10.1. The van der Waals surface area contributed by atoms with Gasteiger partial charge in [0.25, 0.3) is 11.7 Å². The van der Waals surface area contributed by atoms with E-state index in [1.165, 1.54) is 35.2 Å². The highest BCUT2D eigenvalue weighted by Gasteiger charge is 2.47. The summed E-state index contributed by atoms with van der Waals surface area (Å²) in [6, 6.07) is 12.3. The molecule has 0 radical (unpaired) electrons. The van der Waals surface area contributed by atoms with Gasteiger partial charge in [-0.15, -0.1) is 0 Å². The van der Waals surface area contributed by atoms with Crippen molar-refractivity contribution < 1.29 is 27.9 Å². The van der Waals surface area contributed by atoms with Gasteiger partial charge in [0.05, 0.1) is 5.57 Å². The van der Waals surface area contributed by atoms with Crippen molar-refractivity contribution in [1.82, 2.24) is 4.90 Å². The van der Waals surface area contributed by atoms with Crippen LogP contribution in [0.3, 0.4) is 0 Å². The second kappa shape index (κ2) is 8.42. The standard InChI is InChI=1S/C25H21F2NO4/c1-14-13-17(6-9-19(14)27)23(29)21-22(20-10-3-15(2)32-20)28(25(31)24(21)30)12-11-16-4-7-18(26)8-5-16/h3-10,13,22,29H,11-12H2,1-2H3/b23-21-. The van der Waals surface area contributed by atoms with Crippen LogP contribution in [-0.2, 0) is 16.0 Å². The Labute approximate surface area is 183 Å². The van der Waals surface area contributed by atoms with Crippen molar-refractivity contribution in [3.63, 3.8) is 0 Å². The molecule has 2 heterocycles. The highest BCUT2D eigenvalue weighted by atomic mass is 19.1. The summed E-state index contributed by atoms with van der Waals surface area (Å²) in [5.41, 5.74) is 1.20. The first kappa shape index (κ1) is 21.5. The molecule has 0 aliphatic carbocycles. The largest absolute Gasteiger partial charge is 0.507 e. The van der Waals surface area contributed by atoms with Crippen LogP contribution in [0.4, 0.5) is 8.78 Å². The summed E-state index contributed by atoms with van der Waals surface area (Å²) in [6.07, 6.45) is 0.374. The van der Waals surface area contributed by atoms with E-state index in [2.05, 4.69) is 0 Å². The van der Waals surface area contributed by atoms with Crippen LogP contribution in [0.2, 0.25) is 0 Å². The second-order valence-electron chi connectivity index (χ2n) is 7.78. The fraction of sp³-hybridized carbons (Fsp3) is 0.200. The Morgan fingerprint density at radius 2 is 1.75 bits per heavy atom. The van der Waals surface area contributed by atoms with Crippen LogP contribution in [0.25, 0.3) is 5.76 Å². The number of Topliss-reactive ketones (excluding diaryl/α,β-unsaturated/α-hetero) is 1. The topological polar surface area (TPSA) is 70.8 Å².